The van der Waals surface area contributed by atoms with Crippen LogP contribution in [0.25, 0.3) is 10.9 Å². The lowest BCUT2D eigenvalue weighted by Gasteiger charge is -2.14. The number of ether oxygens (including phenoxy) is 1. The molecule has 33 heavy (non-hydrogen) atoms. The fourth-order valence-corrected chi connectivity index (χ4v) is 4.96. The van der Waals surface area contributed by atoms with Crippen molar-refractivity contribution in [3.05, 3.63) is 94.2 Å². The van der Waals surface area contributed by atoms with Crippen molar-refractivity contribution in [1.82, 2.24) is 4.57 Å². The number of aromatic nitrogens is 1. The number of benzene rings is 3. The molecule has 9 heteroatoms. The van der Waals surface area contributed by atoms with Gasteiger partial charge in [-0.1, -0.05) is 29.8 Å². The molecule has 1 N–H and O–H groups in total. The molecular formula is C24H19ClN2O5S. The summed E-state index contributed by atoms with van der Waals surface area (Å²) in [5.41, 5.74) is 0.298. The van der Waals surface area contributed by atoms with Crippen LogP contribution in [0.15, 0.2) is 93.6 Å². The van der Waals surface area contributed by atoms with Crippen molar-refractivity contribution >= 4 is 43.9 Å². The molecule has 168 valence electrons. The number of nitrogens with zero attached hydrogens (tertiary/aromatic N) is 1. The maximum absolute atomic E-state index is 13.3. The van der Waals surface area contributed by atoms with E-state index in [0.717, 1.165) is 0 Å². The van der Waals surface area contributed by atoms with Crippen LogP contribution < -0.4 is 15.5 Å². The Balaban J connectivity index is 1.82. The standard InChI is InChI=1S/C24H19ClN2O5S/c1-32-18-8-10-19(11-9-18)33(30,31)22-14-27(15-23(28)26-17-5-3-2-4-6-17)21-12-7-16(25)13-20(21)24(22)29/h2-14H,15H2,1H3,(H,26,28). The van der Waals surface area contributed by atoms with Gasteiger partial charge >= 0.3 is 0 Å². The number of amides is 1. The predicted octanol–water partition coefficient (Wildman–Crippen LogP) is 4.14. The third kappa shape index (κ3) is 4.62. The minimum Gasteiger partial charge on any atom is -0.497 e. The summed E-state index contributed by atoms with van der Waals surface area (Å²) in [6.45, 7) is -0.210. The summed E-state index contributed by atoms with van der Waals surface area (Å²) in [4.78, 5) is 25.3. The van der Waals surface area contributed by atoms with Crippen molar-refractivity contribution in [3.63, 3.8) is 0 Å². The molecule has 0 fully saturated rings. The van der Waals surface area contributed by atoms with Crippen molar-refractivity contribution in [1.29, 1.82) is 0 Å². The number of para-hydroxylation sites is 1. The van der Waals surface area contributed by atoms with E-state index in [9.17, 15) is 18.0 Å². The molecule has 0 aliphatic carbocycles. The normalized spacial score (nSPS) is 11.3. The molecular weight excluding hydrogens is 464 g/mol. The highest BCUT2D eigenvalue weighted by Gasteiger charge is 2.24. The van der Waals surface area contributed by atoms with Crippen LogP contribution in [0.1, 0.15) is 0 Å². The second-order valence-corrected chi connectivity index (χ2v) is 9.56. The van der Waals surface area contributed by atoms with Crippen LogP contribution in [0.2, 0.25) is 5.02 Å². The lowest BCUT2D eigenvalue weighted by Crippen LogP contribution is -2.24. The first-order chi connectivity index (χ1) is 15.8. The Morgan fingerprint density at radius 3 is 2.39 bits per heavy atom. The van der Waals surface area contributed by atoms with Gasteiger partial charge in [0.1, 0.15) is 17.2 Å². The van der Waals surface area contributed by atoms with Gasteiger partial charge < -0.3 is 14.6 Å². The van der Waals surface area contributed by atoms with Gasteiger partial charge in [0.25, 0.3) is 0 Å². The molecule has 0 radical (unpaired) electrons. The van der Waals surface area contributed by atoms with E-state index < -0.39 is 20.2 Å². The molecule has 0 saturated carbocycles. The first-order valence-electron chi connectivity index (χ1n) is 9.86. The Morgan fingerprint density at radius 2 is 1.73 bits per heavy atom. The fraction of sp³-hybridized carbons (Fsp3) is 0.0833. The minimum atomic E-state index is -4.18. The van der Waals surface area contributed by atoms with Gasteiger partial charge in [0, 0.05) is 22.3 Å². The number of sulfone groups is 1. The lowest BCUT2D eigenvalue weighted by atomic mass is 10.2. The topological polar surface area (TPSA) is 94.5 Å². The van der Waals surface area contributed by atoms with E-state index in [1.165, 1.54) is 48.2 Å². The number of halogens is 1. The van der Waals surface area contributed by atoms with E-state index >= 15 is 0 Å². The quantitative estimate of drug-likeness (QED) is 0.446. The predicted molar refractivity (Wildman–Crippen MR) is 127 cm³/mol. The number of nitrogens with one attached hydrogen (secondary N) is 1. The second-order valence-electron chi connectivity index (χ2n) is 7.21. The van der Waals surface area contributed by atoms with Gasteiger partial charge in [-0.15, -0.1) is 0 Å². The maximum Gasteiger partial charge on any atom is 0.244 e. The number of pyridine rings is 1. The fourth-order valence-electron chi connectivity index (χ4n) is 3.42. The van der Waals surface area contributed by atoms with Crippen LogP contribution >= 0.6 is 11.6 Å². The average molecular weight is 483 g/mol. The SMILES string of the molecule is COc1ccc(S(=O)(=O)c2cn(CC(=O)Nc3ccccc3)c3ccc(Cl)cc3c2=O)cc1. The third-order valence-electron chi connectivity index (χ3n) is 5.04. The molecule has 1 amide bonds. The van der Waals surface area contributed by atoms with E-state index in [0.29, 0.717) is 17.0 Å². The van der Waals surface area contributed by atoms with E-state index in [-0.39, 0.29) is 27.8 Å². The van der Waals surface area contributed by atoms with Gasteiger partial charge in [-0.3, -0.25) is 9.59 Å². The summed E-state index contributed by atoms with van der Waals surface area (Å²) >= 11 is 6.08. The first-order valence-corrected chi connectivity index (χ1v) is 11.7. The summed E-state index contributed by atoms with van der Waals surface area (Å²) in [5, 5.41) is 3.13. The van der Waals surface area contributed by atoms with Gasteiger partial charge in [-0.2, -0.15) is 0 Å². The number of hydrogen-bond acceptors (Lipinski definition) is 5. The molecule has 1 heterocycles. The van der Waals surface area contributed by atoms with Crippen LogP contribution in [0, 0.1) is 0 Å². The Morgan fingerprint density at radius 1 is 1.03 bits per heavy atom. The number of fused-ring (bicyclic) bond motifs is 1. The molecule has 3 aromatic carbocycles. The molecule has 0 saturated heterocycles. The number of carbonyl (C=O) groups is 1. The van der Waals surface area contributed by atoms with Crippen LogP contribution in [0.5, 0.6) is 5.75 Å². The van der Waals surface area contributed by atoms with Crippen LogP contribution in [-0.4, -0.2) is 26.0 Å². The Labute approximate surface area is 195 Å². The van der Waals surface area contributed by atoms with E-state index in [2.05, 4.69) is 5.32 Å². The van der Waals surface area contributed by atoms with Gasteiger partial charge in [0.05, 0.1) is 17.5 Å². The average Bonchev–Trinajstić information content (AvgIpc) is 2.81. The zero-order valence-corrected chi connectivity index (χ0v) is 19.1. The Kier molecular flexibility index (Phi) is 6.22. The second kappa shape index (κ2) is 9.09. The van der Waals surface area contributed by atoms with Gasteiger partial charge in [-0.05, 0) is 54.6 Å². The Bertz CT molecular complexity index is 1500. The number of carbonyl (C=O) groups excluding carboxylic acids is 1. The highest BCUT2D eigenvalue weighted by atomic mass is 35.5. The Hall–Kier alpha value is -3.62. The van der Waals surface area contributed by atoms with Crippen LogP contribution in [0.4, 0.5) is 5.69 Å². The largest absolute Gasteiger partial charge is 0.497 e. The molecule has 0 spiro atoms. The van der Waals surface area contributed by atoms with Crippen molar-refractivity contribution in [3.8, 4) is 5.75 Å². The molecule has 4 rings (SSSR count). The van der Waals surface area contributed by atoms with Gasteiger partial charge in [0.2, 0.25) is 21.2 Å². The molecule has 0 bridgehead atoms. The zero-order valence-electron chi connectivity index (χ0n) is 17.5. The number of anilines is 1. The smallest absolute Gasteiger partial charge is 0.244 e. The molecule has 1 aromatic heterocycles. The highest BCUT2D eigenvalue weighted by Crippen LogP contribution is 2.24. The highest BCUT2D eigenvalue weighted by molar-refractivity contribution is 7.91. The van der Waals surface area contributed by atoms with Crippen molar-refractivity contribution < 1.29 is 17.9 Å². The monoisotopic (exact) mass is 482 g/mol. The number of hydrogen-bond donors (Lipinski definition) is 1. The van der Waals surface area contributed by atoms with Gasteiger partial charge in [0.15, 0.2) is 0 Å². The summed E-state index contributed by atoms with van der Waals surface area (Å²) in [6, 6.07) is 19.1. The van der Waals surface area contributed by atoms with Crippen molar-refractivity contribution in [2.24, 2.45) is 0 Å². The molecule has 7 nitrogen and oxygen atoms in total. The summed E-state index contributed by atoms with van der Waals surface area (Å²) in [5.74, 6) is 0.100. The number of methoxy groups -OCH3 is 1. The summed E-state index contributed by atoms with van der Waals surface area (Å²) in [7, 11) is -2.71. The molecule has 0 atom stereocenters. The van der Waals surface area contributed by atoms with Crippen molar-refractivity contribution in [2.45, 2.75) is 16.3 Å². The van der Waals surface area contributed by atoms with E-state index in [1.807, 2.05) is 6.07 Å². The van der Waals surface area contributed by atoms with Gasteiger partial charge in [-0.25, -0.2) is 8.42 Å². The van der Waals surface area contributed by atoms with E-state index in [1.54, 1.807) is 36.4 Å². The summed E-state index contributed by atoms with van der Waals surface area (Å²) in [6.07, 6.45) is 1.20. The van der Waals surface area contributed by atoms with Crippen LogP contribution in [-0.2, 0) is 21.2 Å². The zero-order chi connectivity index (χ0) is 23.6. The van der Waals surface area contributed by atoms with Crippen molar-refractivity contribution in [2.75, 3.05) is 12.4 Å². The summed E-state index contributed by atoms with van der Waals surface area (Å²) < 4.78 is 33.2. The van der Waals surface area contributed by atoms with Crippen LogP contribution in [0.3, 0.4) is 0 Å². The first kappa shape index (κ1) is 22.6. The lowest BCUT2D eigenvalue weighted by molar-refractivity contribution is -0.116. The maximum atomic E-state index is 13.3. The minimum absolute atomic E-state index is 0.0675. The molecule has 4 aromatic rings. The molecule has 0 aliphatic rings. The van der Waals surface area contributed by atoms with E-state index in [4.69, 9.17) is 16.3 Å². The number of rotatable bonds is 6. The third-order valence-corrected chi connectivity index (χ3v) is 7.04. The molecule has 0 aliphatic heterocycles. The molecule has 0 unspecified atom stereocenters.